The molecule has 1 rings (SSSR count). The van der Waals surface area contributed by atoms with Gasteiger partial charge in [0.05, 0.1) is 4.92 Å². The molecule has 0 fully saturated rings. The van der Waals surface area contributed by atoms with E-state index in [1.807, 2.05) is 0 Å². The minimum absolute atomic E-state index is 0.0459. The zero-order valence-electron chi connectivity index (χ0n) is 9.52. The van der Waals surface area contributed by atoms with Gasteiger partial charge in [0.25, 0.3) is 5.69 Å². The zero-order chi connectivity index (χ0) is 14.7. The molecule has 0 aromatic carbocycles. The monoisotopic (exact) mass is 320 g/mol. The number of hydrogen-bond acceptors (Lipinski definition) is 7. The van der Waals surface area contributed by atoms with Gasteiger partial charge in [-0.2, -0.15) is 0 Å². The van der Waals surface area contributed by atoms with Crippen LogP contribution in [0.15, 0.2) is 23.4 Å². The average molecular weight is 321 g/mol. The van der Waals surface area contributed by atoms with Crippen LogP contribution in [-0.2, 0) is 4.74 Å². The second-order valence-electron chi connectivity index (χ2n) is 2.60. The van der Waals surface area contributed by atoms with Gasteiger partial charge >= 0.3 is 5.43 Å². The van der Waals surface area contributed by atoms with Crippen LogP contribution in [0.3, 0.4) is 0 Å². The summed E-state index contributed by atoms with van der Waals surface area (Å²) in [7, 11) is 2.75. The van der Waals surface area contributed by atoms with E-state index in [0.29, 0.717) is 10.8 Å². The lowest BCUT2D eigenvalue weighted by Gasteiger charge is -2.00. The number of ether oxygens (including phenoxy) is 1. The van der Waals surface area contributed by atoms with E-state index in [2.05, 4.69) is 22.6 Å². The minimum Gasteiger partial charge on any atom is -0.453 e. The normalized spacial score (nSPS) is 9.00. The van der Waals surface area contributed by atoms with Gasteiger partial charge in [0.2, 0.25) is 0 Å². The first-order valence-electron chi connectivity index (χ1n) is 4.65. The van der Waals surface area contributed by atoms with Crippen LogP contribution in [0.25, 0.3) is 0 Å². The van der Waals surface area contributed by atoms with Crippen molar-refractivity contribution < 1.29 is 14.5 Å². The fraction of sp³-hybridized carbons (Fsp3) is 0.200. The van der Waals surface area contributed by atoms with Gasteiger partial charge in [0.1, 0.15) is 17.8 Å². The molecule has 1 heterocycles. The van der Waals surface area contributed by atoms with Crippen molar-refractivity contribution in [3.8, 4) is 12.8 Å². The highest BCUT2D eigenvalue weighted by molar-refractivity contribution is 8.76. The number of carbonyl (C=O) groups excluding carboxylic acids is 1. The highest BCUT2D eigenvalue weighted by atomic mass is 35.5. The third kappa shape index (κ3) is 8.31. The SMILES string of the molecule is C#C.O=C(Cl)OCCSSc1ccc([N+](=O)[O-])cn1. The summed E-state index contributed by atoms with van der Waals surface area (Å²) in [5.41, 5.74) is -0.875. The molecular formula is C10H9ClN2O4S2. The molecule has 0 aliphatic heterocycles. The summed E-state index contributed by atoms with van der Waals surface area (Å²) in [5, 5.41) is 11.0. The van der Waals surface area contributed by atoms with Crippen LogP contribution < -0.4 is 0 Å². The molecule has 0 N–H and O–H groups in total. The van der Waals surface area contributed by atoms with E-state index >= 15 is 0 Å². The molecule has 0 saturated heterocycles. The van der Waals surface area contributed by atoms with Crippen molar-refractivity contribution in [2.24, 2.45) is 0 Å². The Hall–Kier alpha value is -1.43. The molecule has 0 bridgehead atoms. The topological polar surface area (TPSA) is 82.3 Å². The molecule has 19 heavy (non-hydrogen) atoms. The molecule has 0 spiro atoms. The van der Waals surface area contributed by atoms with Crippen molar-refractivity contribution in [2.75, 3.05) is 12.4 Å². The number of nitro groups is 1. The number of aromatic nitrogens is 1. The molecule has 0 unspecified atom stereocenters. The first-order valence-corrected chi connectivity index (χ1v) is 7.35. The highest BCUT2D eigenvalue weighted by Gasteiger charge is 2.05. The summed E-state index contributed by atoms with van der Waals surface area (Å²) >= 11 is 4.97. The Balaban J connectivity index is 0.00000154. The Bertz CT molecular complexity index is 439. The Morgan fingerprint density at radius 1 is 1.53 bits per heavy atom. The molecule has 0 atom stereocenters. The van der Waals surface area contributed by atoms with Crippen LogP contribution in [0.2, 0.25) is 0 Å². The van der Waals surface area contributed by atoms with Crippen LogP contribution in [0, 0.1) is 23.0 Å². The van der Waals surface area contributed by atoms with Crippen molar-refractivity contribution in [1.29, 1.82) is 0 Å². The number of rotatable bonds is 6. The summed E-state index contributed by atoms with van der Waals surface area (Å²) in [6.07, 6.45) is 9.20. The van der Waals surface area contributed by atoms with Gasteiger partial charge in [0, 0.05) is 23.4 Å². The van der Waals surface area contributed by atoms with Gasteiger partial charge in [0.15, 0.2) is 0 Å². The summed E-state index contributed by atoms with van der Waals surface area (Å²) in [6.45, 7) is 0.215. The van der Waals surface area contributed by atoms with Crippen molar-refractivity contribution in [3.05, 3.63) is 28.4 Å². The van der Waals surface area contributed by atoms with Gasteiger partial charge < -0.3 is 4.74 Å². The Morgan fingerprint density at radius 3 is 2.68 bits per heavy atom. The third-order valence-electron chi connectivity index (χ3n) is 1.46. The van der Waals surface area contributed by atoms with E-state index in [1.165, 1.54) is 33.9 Å². The van der Waals surface area contributed by atoms with E-state index in [0.717, 1.165) is 0 Å². The highest BCUT2D eigenvalue weighted by Crippen LogP contribution is 2.29. The van der Waals surface area contributed by atoms with E-state index < -0.39 is 10.4 Å². The van der Waals surface area contributed by atoms with Crippen LogP contribution in [0.5, 0.6) is 0 Å². The lowest BCUT2D eigenvalue weighted by molar-refractivity contribution is -0.385. The number of nitrogens with zero attached hydrogens (tertiary/aromatic N) is 2. The van der Waals surface area contributed by atoms with Crippen molar-refractivity contribution in [3.63, 3.8) is 0 Å². The predicted octanol–water partition coefficient (Wildman–Crippen LogP) is 3.35. The summed E-state index contributed by atoms with van der Waals surface area (Å²) < 4.78 is 4.51. The maximum atomic E-state index is 10.4. The Kier molecular flexibility index (Phi) is 9.70. The number of pyridine rings is 1. The molecule has 0 aliphatic rings. The van der Waals surface area contributed by atoms with Gasteiger partial charge in [-0.25, -0.2) is 9.78 Å². The lowest BCUT2D eigenvalue weighted by Crippen LogP contribution is -1.97. The number of terminal acetylenes is 1. The second-order valence-corrected chi connectivity index (χ2v) is 5.35. The van der Waals surface area contributed by atoms with Crippen molar-refractivity contribution >= 4 is 44.3 Å². The maximum Gasteiger partial charge on any atom is 0.403 e. The number of hydrogen-bond donors (Lipinski definition) is 0. The molecule has 1 aromatic rings. The summed E-state index contributed by atoms with van der Waals surface area (Å²) in [4.78, 5) is 24.0. The first-order chi connectivity index (χ1) is 9.09. The molecule has 1 aromatic heterocycles. The number of halogens is 1. The molecule has 0 saturated carbocycles. The van der Waals surface area contributed by atoms with Crippen LogP contribution in [0.1, 0.15) is 0 Å². The van der Waals surface area contributed by atoms with Gasteiger partial charge in [-0.15, -0.1) is 12.8 Å². The lowest BCUT2D eigenvalue weighted by atomic mass is 10.4. The minimum atomic E-state index is -0.830. The zero-order valence-corrected chi connectivity index (χ0v) is 11.9. The van der Waals surface area contributed by atoms with Crippen molar-refractivity contribution in [1.82, 2.24) is 4.98 Å². The standard InChI is InChI=1S/C8H7ClN2O4S2.C2H2/c9-8(12)15-3-4-16-17-7-2-1-6(5-10-7)11(13)14;1-2/h1-2,5H,3-4H2;1-2H. The van der Waals surface area contributed by atoms with E-state index in [1.54, 1.807) is 6.07 Å². The molecule has 6 nitrogen and oxygen atoms in total. The van der Waals surface area contributed by atoms with E-state index in [-0.39, 0.29) is 12.3 Å². The fourth-order valence-electron chi connectivity index (χ4n) is 0.788. The smallest absolute Gasteiger partial charge is 0.403 e. The van der Waals surface area contributed by atoms with Gasteiger partial charge in [-0.05, 0) is 16.9 Å². The van der Waals surface area contributed by atoms with Gasteiger partial charge in [-0.3, -0.25) is 10.1 Å². The summed E-state index contributed by atoms with van der Waals surface area (Å²) in [5.74, 6) is 0.557. The average Bonchev–Trinajstić information content (AvgIpc) is 2.41. The van der Waals surface area contributed by atoms with E-state index in [4.69, 9.17) is 11.6 Å². The predicted molar refractivity (Wildman–Crippen MR) is 76.3 cm³/mol. The maximum absolute atomic E-state index is 10.4. The molecule has 0 radical (unpaired) electrons. The number of carbonyl (C=O) groups is 1. The second kappa shape index (κ2) is 10.5. The molecular weight excluding hydrogens is 312 g/mol. The largest absolute Gasteiger partial charge is 0.453 e. The molecule has 0 amide bonds. The van der Waals surface area contributed by atoms with E-state index in [9.17, 15) is 14.9 Å². The van der Waals surface area contributed by atoms with Crippen LogP contribution >= 0.6 is 33.2 Å². The van der Waals surface area contributed by atoms with Crippen LogP contribution in [-0.4, -0.2) is 27.7 Å². The Morgan fingerprint density at radius 2 is 2.21 bits per heavy atom. The first kappa shape index (κ1) is 17.6. The molecule has 9 heteroatoms. The van der Waals surface area contributed by atoms with Gasteiger partial charge in [-0.1, -0.05) is 10.8 Å². The molecule has 102 valence electrons. The quantitative estimate of drug-likeness (QED) is 0.198. The van der Waals surface area contributed by atoms with Crippen molar-refractivity contribution in [2.45, 2.75) is 5.03 Å². The Labute approximate surface area is 122 Å². The summed E-state index contributed by atoms with van der Waals surface area (Å²) in [6, 6.07) is 2.94. The third-order valence-corrected chi connectivity index (χ3v) is 3.80. The van der Waals surface area contributed by atoms with Crippen LogP contribution in [0.4, 0.5) is 10.5 Å². The molecule has 0 aliphatic carbocycles. The fourth-order valence-corrected chi connectivity index (χ4v) is 2.55.